The second kappa shape index (κ2) is 13.1. The molecule has 9 nitrogen and oxygen atoms in total. The number of likely N-dealkylation sites (N-methyl/N-ethyl adjacent to an activating group) is 1. The van der Waals surface area contributed by atoms with E-state index in [2.05, 4.69) is 65.3 Å². The number of fused-ring (bicyclic) bond motifs is 1. The summed E-state index contributed by atoms with van der Waals surface area (Å²) in [6.07, 6.45) is 3.44. The first-order valence-electron chi connectivity index (χ1n) is 14.7. The van der Waals surface area contributed by atoms with Crippen molar-refractivity contribution >= 4 is 23.1 Å². The van der Waals surface area contributed by atoms with Gasteiger partial charge in [0.1, 0.15) is 0 Å². The lowest BCUT2D eigenvalue weighted by Gasteiger charge is -2.23. The number of carboxylic acid groups (broad SMARTS) is 1. The van der Waals surface area contributed by atoms with E-state index in [-0.39, 0.29) is 17.4 Å². The van der Waals surface area contributed by atoms with Gasteiger partial charge in [0.2, 0.25) is 0 Å². The molecule has 0 spiro atoms. The third kappa shape index (κ3) is 7.07. The van der Waals surface area contributed by atoms with Gasteiger partial charge in [-0.3, -0.25) is 9.89 Å². The number of allylic oxidation sites excluding steroid dienone is 1. The molecule has 1 saturated carbocycles. The van der Waals surface area contributed by atoms with Gasteiger partial charge < -0.3 is 26.5 Å². The van der Waals surface area contributed by atoms with Crippen LogP contribution in [0.4, 0.5) is 11.4 Å². The van der Waals surface area contributed by atoms with Gasteiger partial charge in [-0.25, -0.2) is 10.6 Å². The molecule has 1 aliphatic heterocycles. The number of carbonyl (C=O) groups is 1. The van der Waals surface area contributed by atoms with E-state index in [1.54, 1.807) is 13.2 Å². The van der Waals surface area contributed by atoms with Gasteiger partial charge in [-0.05, 0) is 59.9 Å². The van der Waals surface area contributed by atoms with Crippen LogP contribution >= 0.6 is 0 Å². The molecule has 9 heteroatoms. The maximum atomic E-state index is 12.1. The summed E-state index contributed by atoms with van der Waals surface area (Å²) in [5.74, 6) is 4.41. The number of benzene rings is 3. The number of nitrogens with zero attached hydrogens (tertiary/aromatic N) is 4. The van der Waals surface area contributed by atoms with Crippen LogP contribution in [0.5, 0.6) is 0 Å². The predicted molar refractivity (Wildman–Crippen MR) is 173 cm³/mol. The fourth-order valence-corrected chi connectivity index (χ4v) is 5.93. The summed E-state index contributed by atoms with van der Waals surface area (Å²) in [6.45, 7) is 6.95. The Morgan fingerprint density at radius 3 is 2.51 bits per heavy atom. The van der Waals surface area contributed by atoms with Crippen molar-refractivity contribution < 1.29 is 9.90 Å². The maximum Gasteiger partial charge on any atom is 0.339 e. The summed E-state index contributed by atoms with van der Waals surface area (Å²) in [4.78, 5) is 21.8. The number of para-hydroxylation sites is 1. The average molecular weight is 580 g/mol. The van der Waals surface area contributed by atoms with Crippen molar-refractivity contribution in [2.75, 3.05) is 31.6 Å². The Bertz CT molecular complexity index is 1560. The van der Waals surface area contributed by atoms with Gasteiger partial charge in [0.25, 0.3) is 0 Å². The van der Waals surface area contributed by atoms with Crippen molar-refractivity contribution in [3.8, 4) is 11.1 Å². The lowest BCUT2D eigenvalue weighted by molar-refractivity contribution is -0.132. The first-order valence-corrected chi connectivity index (χ1v) is 14.7. The molecular formula is C34H41N7O2. The molecular weight excluding hydrogens is 538 g/mol. The van der Waals surface area contributed by atoms with Crippen LogP contribution in [-0.4, -0.2) is 53.4 Å². The number of carboxylic acids is 1. The van der Waals surface area contributed by atoms with Gasteiger partial charge in [0, 0.05) is 75.4 Å². The lowest BCUT2D eigenvalue weighted by Crippen LogP contribution is -2.31. The third-order valence-electron chi connectivity index (χ3n) is 8.15. The van der Waals surface area contributed by atoms with Crippen LogP contribution in [0.15, 0.2) is 101 Å². The monoisotopic (exact) mass is 579 g/mol. The molecule has 3 aromatic carbocycles. The van der Waals surface area contributed by atoms with Crippen molar-refractivity contribution in [2.45, 2.75) is 26.4 Å². The zero-order valence-corrected chi connectivity index (χ0v) is 24.9. The molecule has 3 aromatic rings. The number of hydrogen-bond acceptors (Lipinski definition) is 8. The quantitative estimate of drug-likeness (QED) is 0.120. The summed E-state index contributed by atoms with van der Waals surface area (Å²) in [7, 11) is 1.69. The van der Waals surface area contributed by atoms with Crippen molar-refractivity contribution in [3.63, 3.8) is 0 Å². The van der Waals surface area contributed by atoms with Crippen molar-refractivity contribution in [1.82, 2.24) is 9.91 Å². The van der Waals surface area contributed by atoms with E-state index in [1.807, 2.05) is 24.3 Å². The Morgan fingerprint density at radius 1 is 1.05 bits per heavy atom. The molecule has 2 atom stereocenters. The molecule has 0 saturated heterocycles. The number of hydrazine groups is 1. The molecule has 1 fully saturated rings. The topological polar surface area (TPSA) is 137 Å². The van der Waals surface area contributed by atoms with E-state index in [1.165, 1.54) is 21.8 Å². The van der Waals surface area contributed by atoms with Gasteiger partial charge in [-0.1, -0.05) is 48.5 Å². The molecule has 0 bridgehead atoms. The highest BCUT2D eigenvalue weighted by atomic mass is 16.4. The Labute approximate surface area is 253 Å². The molecule has 7 N–H and O–H groups in total. The second-order valence-corrected chi connectivity index (χ2v) is 11.3. The predicted octanol–water partition coefficient (Wildman–Crippen LogP) is 4.44. The average Bonchev–Trinajstić information content (AvgIpc) is 3.81. The first-order chi connectivity index (χ1) is 20.8. The lowest BCUT2D eigenvalue weighted by atomic mass is 10.0. The summed E-state index contributed by atoms with van der Waals surface area (Å²) >= 11 is 0. The van der Waals surface area contributed by atoms with E-state index in [9.17, 15) is 9.90 Å². The third-order valence-corrected chi connectivity index (χ3v) is 8.15. The number of aliphatic imine (C=N–C) groups is 1. The highest BCUT2D eigenvalue weighted by molar-refractivity contribution is 6.21. The molecule has 43 heavy (non-hydrogen) atoms. The molecule has 0 radical (unpaired) electrons. The number of hydrogen-bond donors (Lipinski definition) is 4. The number of rotatable bonds is 10. The Morgan fingerprint density at radius 2 is 1.79 bits per heavy atom. The fourth-order valence-electron chi connectivity index (χ4n) is 5.93. The zero-order valence-electron chi connectivity index (χ0n) is 24.9. The second-order valence-electron chi connectivity index (χ2n) is 11.3. The number of anilines is 1. The van der Waals surface area contributed by atoms with Crippen LogP contribution in [0.3, 0.4) is 0 Å². The molecule has 224 valence electrons. The Kier molecular flexibility index (Phi) is 9.13. The number of aliphatic carboxylic acids is 1. The largest absolute Gasteiger partial charge is 0.478 e. The highest BCUT2D eigenvalue weighted by Crippen LogP contribution is 2.45. The summed E-state index contributed by atoms with van der Waals surface area (Å²) < 4.78 is 0. The minimum absolute atomic E-state index is 0.0190. The molecule has 1 heterocycles. The van der Waals surface area contributed by atoms with Gasteiger partial charge in [0.15, 0.2) is 0 Å². The van der Waals surface area contributed by atoms with Gasteiger partial charge in [-0.2, -0.15) is 0 Å². The minimum atomic E-state index is -1.12. The van der Waals surface area contributed by atoms with Gasteiger partial charge in [-0.15, -0.1) is 0 Å². The molecule has 1 aliphatic carbocycles. The van der Waals surface area contributed by atoms with Crippen molar-refractivity contribution in [3.05, 3.63) is 108 Å². The highest BCUT2D eigenvalue weighted by Gasteiger charge is 2.45. The zero-order chi connectivity index (χ0) is 30.5. The fraction of sp³-hybridized carbons (Fsp3) is 0.294. The van der Waals surface area contributed by atoms with Crippen molar-refractivity contribution in [2.24, 2.45) is 34.1 Å². The van der Waals surface area contributed by atoms with E-state index < -0.39 is 5.97 Å². The molecule has 0 amide bonds. The smallest absolute Gasteiger partial charge is 0.339 e. The summed E-state index contributed by atoms with van der Waals surface area (Å²) in [5.41, 5.74) is 19.6. The van der Waals surface area contributed by atoms with E-state index in [0.717, 1.165) is 50.1 Å². The van der Waals surface area contributed by atoms with E-state index >= 15 is 0 Å². The van der Waals surface area contributed by atoms with E-state index in [4.69, 9.17) is 22.3 Å². The van der Waals surface area contributed by atoms with Gasteiger partial charge >= 0.3 is 5.97 Å². The Hall–Kier alpha value is -4.60. The molecule has 0 aromatic heterocycles. The minimum Gasteiger partial charge on any atom is -0.478 e. The molecule has 2 aliphatic rings. The first kappa shape index (κ1) is 29.9. The molecule has 5 rings (SSSR count). The maximum absolute atomic E-state index is 12.1. The van der Waals surface area contributed by atoms with Crippen molar-refractivity contribution in [1.29, 1.82) is 0 Å². The molecule has 1 unspecified atom stereocenters. The van der Waals surface area contributed by atoms with Crippen LogP contribution in [-0.2, 0) is 17.9 Å². The summed E-state index contributed by atoms with van der Waals surface area (Å²) in [5, 5.41) is 11.2. The van der Waals surface area contributed by atoms with Gasteiger partial charge in [0.05, 0.1) is 17.0 Å². The van der Waals surface area contributed by atoms with Crippen LogP contribution in [0.1, 0.15) is 24.5 Å². The van der Waals surface area contributed by atoms with Crippen LogP contribution in [0.25, 0.3) is 11.1 Å². The van der Waals surface area contributed by atoms with Crippen LogP contribution in [0.2, 0.25) is 0 Å². The van der Waals surface area contributed by atoms with Crippen LogP contribution in [0, 0.1) is 11.8 Å². The summed E-state index contributed by atoms with van der Waals surface area (Å²) in [6, 6.07) is 25.1. The normalized spacial score (nSPS) is 19.5. The van der Waals surface area contributed by atoms with E-state index in [0.29, 0.717) is 23.5 Å². The Balaban J connectivity index is 1.39. The van der Waals surface area contributed by atoms with Crippen LogP contribution < -0.4 is 22.2 Å². The SMILES string of the molecule is CCN1CCN(Cc2cccc(-c3cccc(N=C(C(=CN)C(=O)O)[C@@H]4CC4/C(N)=C/N(C)N)c3)c2)Cc2ccccc21. The number of nitrogens with two attached hydrogens (primary N) is 3. The standard InChI is InChI=1S/C34H41N7O2/c1-3-41-15-14-40(21-26-9-4-5-13-32(26)41)20-23-8-6-10-24(16-23)25-11-7-12-27(17-25)38-33(30(19-35)34(42)43)29-18-28(29)31(36)22-39(2)37/h4-13,16-17,19,22,28-29H,3,14-15,18,20-21,35-37H2,1-2H3,(H,42,43)/b30-19?,31-22-,38-33?/t28?,29-/m1/s1.